The Hall–Kier alpha value is -2.45. The van der Waals surface area contributed by atoms with Gasteiger partial charge in [0.15, 0.2) is 0 Å². The number of benzene rings is 1. The van der Waals surface area contributed by atoms with Crippen molar-refractivity contribution in [2.45, 2.75) is 31.7 Å². The van der Waals surface area contributed by atoms with Gasteiger partial charge in [0, 0.05) is 6.42 Å². The average molecular weight is 382 g/mol. The number of rotatable bonds is 6. The SMILES string of the molecule is Cl.NCCCCOc1ccc2c(c1)C(=O)N(C1CCC(=O)NC1=O)C2=O. The molecule has 0 aromatic heterocycles. The molecule has 1 aromatic carbocycles. The van der Waals surface area contributed by atoms with Crippen LogP contribution < -0.4 is 15.8 Å². The maximum absolute atomic E-state index is 12.6. The summed E-state index contributed by atoms with van der Waals surface area (Å²) in [4.78, 5) is 49.3. The number of nitrogens with one attached hydrogen (secondary N) is 1. The summed E-state index contributed by atoms with van der Waals surface area (Å²) in [5.41, 5.74) is 5.88. The number of hydrogen-bond donors (Lipinski definition) is 2. The van der Waals surface area contributed by atoms with Crippen molar-refractivity contribution in [3.8, 4) is 5.75 Å². The topological polar surface area (TPSA) is 119 Å². The number of unbranched alkanes of at least 4 members (excludes halogenated alkanes) is 1. The third-order valence-electron chi connectivity index (χ3n) is 4.28. The predicted molar refractivity (Wildman–Crippen MR) is 94.1 cm³/mol. The Balaban J connectivity index is 0.00000243. The molecule has 0 radical (unpaired) electrons. The molecule has 140 valence electrons. The van der Waals surface area contributed by atoms with Crippen molar-refractivity contribution in [3.05, 3.63) is 29.3 Å². The second kappa shape index (κ2) is 8.29. The molecule has 3 rings (SSSR count). The zero-order valence-corrected chi connectivity index (χ0v) is 14.8. The van der Waals surface area contributed by atoms with Crippen molar-refractivity contribution in [2.24, 2.45) is 5.73 Å². The Bertz CT molecular complexity index is 752. The normalized spacial score (nSPS) is 19.1. The highest BCUT2D eigenvalue weighted by Gasteiger charge is 2.44. The van der Waals surface area contributed by atoms with Gasteiger partial charge >= 0.3 is 0 Å². The van der Waals surface area contributed by atoms with Gasteiger partial charge in [0.05, 0.1) is 17.7 Å². The number of carbonyl (C=O) groups is 4. The zero-order chi connectivity index (χ0) is 18.0. The molecular formula is C17H20ClN3O5. The minimum atomic E-state index is -0.959. The zero-order valence-electron chi connectivity index (χ0n) is 14.0. The third-order valence-corrected chi connectivity index (χ3v) is 4.28. The van der Waals surface area contributed by atoms with Gasteiger partial charge in [-0.1, -0.05) is 0 Å². The summed E-state index contributed by atoms with van der Waals surface area (Å²) in [5, 5.41) is 2.17. The number of imide groups is 2. The Morgan fingerprint density at radius 3 is 2.54 bits per heavy atom. The van der Waals surface area contributed by atoms with Gasteiger partial charge in [0.2, 0.25) is 11.8 Å². The van der Waals surface area contributed by atoms with Gasteiger partial charge < -0.3 is 10.5 Å². The van der Waals surface area contributed by atoms with Crippen molar-refractivity contribution in [1.82, 2.24) is 10.2 Å². The average Bonchev–Trinajstić information content (AvgIpc) is 2.83. The quantitative estimate of drug-likeness (QED) is 0.551. The maximum Gasteiger partial charge on any atom is 0.262 e. The molecule has 2 aliphatic heterocycles. The first-order valence-corrected chi connectivity index (χ1v) is 8.21. The van der Waals surface area contributed by atoms with Gasteiger partial charge in [-0.3, -0.25) is 29.4 Å². The van der Waals surface area contributed by atoms with E-state index in [1.54, 1.807) is 6.07 Å². The van der Waals surface area contributed by atoms with E-state index in [1.807, 2.05) is 0 Å². The molecular weight excluding hydrogens is 362 g/mol. The largest absolute Gasteiger partial charge is 0.494 e. The number of amides is 4. The molecule has 0 bridgehead atoms. The molecule has 1 fully saturated rings. The third kappa shape index (κ3) is 3.71. The lowest BCUT2D eigenvalue weighted by atomic mass is 10.0. The molecule has 1 aromatic rings. The van der Waals surface area contributed by atoms with Crippen LogP contribution in [0.2, 0.25) is 0 Å². The van der Waals surface area contributed by atoms with Crippen LogP contribution in [0, 0.1) is 0 Å². The summed E-state index contributed by atoms with van der Waals surface area (Å²) < 4.78 is 5.57. The monoisotopic (exact) mass is 381 g/mol. The van der Waals surface area contributed by atoms with E-state index in [1.165, 1.54) is 12.1 Å². The molecule has 1 unspecified atom stereocenters. The van der Waals surface area contributed by atoms with Gasteiger partial charge in [-0.2, -0.15) is 0 Å². The van der Waals surface area contributed by atoms with Crippen molar-refractivity contribution < 1.29 is 23.9 Å². The molecule has 0 saturated carbocycles. The van der Waals surface area contributed by atoms with Crippen LogP contribution in [0.5, 0.6) is 5.75 Å². The van der Waals surface area contributed by atoms with E-state index in [-0.39, 0.29) is 36.4 Å². The molecule has 0 aliphatic carbocycles. The highest BCUT2D eigenvalue weighted by molar-refractivity contribution is 6.23. The van der Waals surface area contributed by atoms with E-state index in [0.29, 0.717) is 18.9 Å². The fraction of sp³-hybridized carbons (Fsp3) is 0.412. The second-order valence-corrected chi connectivity index (χ2v) is 6.00. The Labute approximate surface area is 156 Å². The van der Waals surface area contributed by atoms with Crippen LogP contribution in [0.1, 0.15) is 46.4 Å². The van der Waals surface area contributed by atoms with Crippen molar-refractivity contribution >= 4 is 36.0 Å². The Kier molecular flexibility index (Phi) is 6.33. The number of piperidine rings is 1. The van der Waals surface area contributed by atoms with E-state index in [4.69, 9.17) is 10.5 Å². The fourth-order valence-electron chi connectivity index (χ4n) is 2.98. The Morgan fingerprint density at radius 2 is 1.85 bits per heavy atom. The molecule has 1 atom stereocenters. The number of hydrogen-bond acceptors (Lipinski definition) is 6. The minimum absolute atomic E-state index is 0. The summed E-state index contributed by atoms with van der Waals surface area (Å²) in [5.74, 6) is -1.59. The number of halogens is 1. The number of nitrogens with zero attached hydrogens (tertiary/aromatic N) is 1. The smallest absolute Gasteiger partial charge is 0.262 e. The first kappa shape index (κ1) is 19.9. The second-order valence-electron chi connectivity index (χ2n) is 6.00. The minimum Gasteiger partial charge on any atom is -0.494 e. The maximum atomic E-state index is 12.6. The van der Waals surface area contributed by atoms with Gasteiger partial charge in [-0.25, -0.2) is 0 Å². The van der Waals surface area contributed by atoms with Crippen LogP contribution in [0.4, 0.5) is 0 Å². The van der Waals surface area contributed by atoms with Crippen molar-refractivity contribution in [3.63, 3.8) is 0 Å². The summed E-state index contributed by atoms with van der Waals surface area (Å²) in [6.07, 6.45) is 1.87. The van der Waals surface area contributed by atoms with Crippen LogP contribution in [-0.4, -0.2) is 47.7 Å². The van der Waals surface area contributed by atoms with Gasteiger partial charge in [-0.05, 0) is 44.0 Å². The number of nitrogens with two attached hydrogens (primary N) is 1. The van der Waals surface area contributed by atoms with Crippen LogP contribution in [0.25, 0.3) is 0 Å². The van der Waals surface area contributed by atoms with E-state index in [0.717, 1.165) is 17.7 Å². The summed E-state index contributed by atoms with van der Waals surface area (Å²) in [7, 11) is 0. The number of ether oxygens (including phenoxy) is 1. The summed E-state index contributed by atoms with van der Waals surface area (Å²) in [6, 6.07) is 3.71. The van der Waals surface area contributed by atoms with E-state index >= 15 is 0 Å². The molecule has 2 heterocycles. The molecule has 0 spiro atoms. The first-order chi connectivity index (χ1) is 12.0. The number of carbonyl (C=O) groups excluding carboxylic acids is 4. The molecule has 3 N–H and O–H groups in total. The highest BCUT2D eigenvalue weighted by atomic mass is 35.5. The first-order valence-electron chi connectivity index (χ1n) is 8.21. The molecule has 9 heteroatoms. The molecule has 4 amide bonds. The van der Waals surface area contributed by atoms with E-state index in [2.05, 4.69) is 5.32 Å². The van der Waals surface area contributed by atoms with Crippen LogP contribution in [-0.2, 0) is 9.59 Å². The lowest BCUT2D eigenvalue weighted by Gasteiger charge is -2.27. The molecule has 2 aliphatic rings. The fourth-order valence-corrected chi connectivity index (χ4v) is 2.98. The molecule has 26 heavy (non-hydrogen) atoms. The summed E-state index contributed by atoms with van der Waals surface area (Å²) in [6.45, 7) is 1.05. The van der Waals surface area contributed by atoms with Crippen LogP contribution in [0.15, 0.2) is 18.2 Å². The van der Waals surface area contributed by atoms with Crippen molar-refractivity contribution in [2.75, 3.05) is 13.2 Å². The highest BCUT2D eigenvalue weighted by Crippen LogP contribution is 2.30. The van der Waals surface area contributed by atoms with Gasteiger partial charge in [0.25, 0.3) is 11.8 Å². The van der Waals surface area contributed by atoms with Crippen molar-refractivity contribution in [1.29, 1.82) is 0 Å². The van der Waals surface area contributed by atoms with E-state index in [9.17, 15) is 19.2 Å². The predicted octanol–water partition coefficient (Wildman–Crippen LogP) is 0.627. The van der Waals surface area contributed by atoms with Crippen LogP contribution in [0.3, 0.4) is 0 Å². The lowest BCUT2D eigenvalue weighted by molar-refractivity contribution is -0.136. The van der Waals surface area contributed by atoms with Gasteiger partial charge in [0.1, 0.15) is 11.8 Å². The van der Waals surface area contributed by atoms with Crippen LogP contribution >= 0.6 is 12.4 Å². The van der Waals surface area contributed by atoms with E-state index < -0.39 is 29.7 Å². The number of fused-ring (bicyclic) bond motifs is 1. The standard InChI is InChI=1S/C17H19N3O5.ClH/c18-7-1-2-8-25-10-3-4-11-12(9-10)17(24)20(16(11)23)13-5-6-14(21)19-15(13)22;/h3-4,9,13H,1-2,5-8,18H2,(H,19,21,22);1H. The molecule has 1 saturated heterocycles. The molecule has 8 nitrogen and oxygen atoms in total. The van der Waals surface area contributed by atoms with Gasteiger partial charge in [-0.15, -0.1) is 12.4 Å². The summed E-state index contributed by atoms with van der Waals surface area (Å²) >= 11 is 0. The Morgan fingerprint density at radius 1 is 1.12 bits per heavy atom. The lowest BCUT2D eigenvalue weighted by Crippen LogP contribution is -2.54.